The van der Waals surface area contributed by atoms with Crippen LogP contribution in [0.5, 0.6) is 5.75 Å². The summed E-state index contributed by atoms with van der Waals surface area (Å²) in [5.74, 6) is 0.0114. The molecule has 8 nitrogen and oxygen atoms in total. The molecular formula is C22H23FN4O4S. The van der Waals surface area contributed by atoms with Gasteiger partial charge in [-0.3, -0.25) is 4.79 Å². The van der Waals surface area contributed by atoms with Crippen LogP contribution in [0.25, 0.3) is 16.9 Å². The number of halogens is 1. The number of methoxy groups -OCH3 is 1. The van der Waals surface area contributed by atoms with Crippen LogP contribution in [0, 0.1) is 5.82 Å². The molecule has 0 atom stereocenters. The fourth-order valence-corrected chi connectivity index (χ4v) is 4.46. The first kappa shape index (κ1) is 22.0. The van der Waals surface area contributed by atoms with Crippen molar-refractivity contribution in [1.82, 2.24) is 19.0 Å². The van der Waals surface area contributed by atoms with Gasteiger partial charge in [0.25, 0.3) is 5.91 Å². The summed E-state index contributed by atoms with van der Waals surface area (Å²) in [6.45, 7) is 1.05. The van der Waals surface area contributed by atoms with Crippen LogP contribution in [-0.2, 0) is 10.0 Å². The summed E-state index contributed by atoms with van der Waals surface area (Å²) in [5, 5.41) is 4.61. The number of carbonyl (C=O) groups excluding carboxylic acids is 1. The molecule has 2 aromatic carbocycles. The van der Waals surface area contributed by atoms with Crippen LogP contribution in [0.15, 0.2) is 54.7 Å². The van der Waals surface area contributed by atoms with Crippen molar-refractivity contribution in [3.05, 3.63) is 66.1 Å². The third-order valence-corrected chi connectivity index (χ3v) is 6.68. The topological polar surface area (TPSA) is 84.7 Å². The minimum Gasteiger partial charge on any atom is -0.497 e. The molecule has 1 aliphatic heterocycles. The smallest absolute Gasteiger partial charge is 0.257 e. The predicted octanol–water partition coefficient (Wildman–Crippen LogP) is 2.40. The Labute approximate surface area is 185 Å². The Kier molecular flexibility index (Phi) is 5.98. The van der Waals surface area contributed by atoms with Crippen molar-refractivity contribution in [3.8, 4) is 22.7 Å². The number of nitrogens with zero attached hydrogens (tertiary/aromatic N) is 4. The zero-order valence-corrected chi connectivity index (χ0v) is 18.5. The van der Waals surface area contributed by atoms with Crippen molar-refractivity contribution in [2.75, 3.05) is 39.5 Å². The minimum atomic E-state index is -3.30. The first-order valence-electron chi connectivity index (χ1n) is 10.0. The van der Waals surface area contributed by atoms with Gasteiger partial charge in [0.1, 0.15) is 17.3 Å². The van der Waals surface area contributed by atoms with Crippen LogP contribution in [0.4, 0.5) is 4.39 Å². The van der Waals surface area contributed by atoms with Crippen molar-refractivity contribution in [3.63, 3.8) is 0 Å². The zero-order chi connectivity index (χ0) is 22.9. The van der Waals surface area contributed by atoms with E-state index in [0.717, 1.165) is 6.26 Å². The molecule has 2 heterocycles. The molecule has 1 aliphatic rings. The highest BCUT2D eigenvalue weighted by atomic mass is 32.2. The van der Waals surface area contributed by atoms with Gasteiger partial charge < -0.3 is 9.64 Å². The largest absolute Gasteiger partial charge is 0.497 e. The van der Waals surface area contributed by atoms with E-state index < -0.39 is 10.0 Å². The number of hydrogen-bond acceptors (Lipinski definition) is 5. The van der Waals surface area contributed by atoms with Gasteiger partial charge in [-0.15, -0.1) is 0 Å². The molecule has 0 radical (unpaired) electrons. The van der Waals surface area contributed by atoms with Crippen LogP contribution < -0.4 is 4.74 Å². The number of carbonyl (C=O) groups is 1. The SMILES string of the molecule is COc1cccc(-c2nn(-c3ccc(F)cc3)cc2C(=O)N2CCN(S(C)(=O)=O)CC2)c1. The lowest BCUT2D eigenvalue weighted by atomic mass is 10.1. The van der Waals surface area contributed by atoms with Gasteiger partial charge in [-0.1, -0.05) is 12.1 Å². The van der Waals surface area contributed by atoms with Gasteiger partial charge >= 0.3 is 0 Å². The van der Waals surface area contributed by atoms with E-state index in [1.165, 1.54) is 21.1 Å². The lowest BCUT2D eigenvalue weighted by Crippen LogP contribution is -2.50. The maximum atomic E-state index is 13.4. The molecule has 3 aromatic rings. The number of sulfonamides is 1. The normalized spacial score (nSPS) is 15.0. The summed E-state index contributed by atoms with van der Waals surface area (Å²) in [7, 11) is -1.74. The second-order valence-electron chi connectivity index (χ2n) is 7.50. The van der Waals surface area contributed by atoms with Gasteiger partial charge in [0, 0.05) is 37.9 Å². The maximum Gasteiger partial charge on any atom is 0.257 e. The van der Waals surface area contributed by atoms with Gasteiger partial charge in [0.15, 0.2) is 0 Å². The van der Waals surface area contributed by atoms with E-state index in [9.17, 15) is 17.6 Å². The first-order chi connectivity index (χ1) is 15.3. The molecule has 0 N–H and O–H groups in total. The van der Waals surface area contributed by atoms with Crippen LogP contribution in [0.1, 0.15) is 10.4 Å². The van der Waals surface area contributed by atoms with Crippen molar-refractivity contribution in [2.45, 2.75) is 0 Å². The van der Waals surface area contributed by atoms with Gasteiger partial charge in [-0.05, 0) is 36.4 Å². The fourth-order valence-electron chi connectivity index (χ4n) is 3.63. The minimum absolute atomic E-state index is 0.241. The fraction of sp³-hybridized carbons (Fsp3) is 0.273. The predicted molar refractivity (Wildman–Crippen MR) is 118 cm³/mol. The lowest BCUT2D eigenvalue weighted by Gasteiger charge is -2.33. The highest BCUT2D eigenvalue weighted by Crippen LogP contribution is 2.28. The first-order valence-corrected chi connectivity index (χ1v) is 11.9. The molecule has 10 heteroatoms. The number of piperazine rings is 1. The lowest BCUT2D eigenvalue weighted by molar-refractivity contribution is 0.0699. The third-order valence-electron chi connectivity index (χ3n) is 5.37. The Morgan fingerprint density at radius 1 is 1.06 bits per heavy atom. The Balaban J connectivity index is 1.71. The number of ether oxygens (including phenoxy) is 1. The summed E-state index contributed by atoms with van der Waals surface area (Å²) in [5.41, 5.74) is 2.14. The summed E-state index contributed by atoms with van der Waals surface area (Å²) in [6, 6.07) is 13.0. The molecule has 0 bridgehead atoms. The summed E-state index contributed by atoms with van der Waals surface area (Å²) in [4.78, 5) is 15.0. The van der Waals surface area contributed by atoms with E-state index in [2.05, 4.69) is 5.10 Å². The van der Waals surface area contributed by atoms with Crippen LogP contribution in [0.3, 0.4) is 0 Å². The summed E-state index contributed by atoms with van der Waals surface area (Å²) >= 11 is 0. The summed E-state index contributed by atoms with van der Waals surface area (Å²) < 4.78 is 45.2. The highest BCUT2D eigenvalue weighted by Gasteiger charge is 2.29. The molecule has 1 fully saturated rings. The standard InChI is InChI=1S/C22H23FN4O4S/c1-31-19-5-3-4-16(14-19)21-20(15-27(24-21)18-8-6-17(23)7-9-18)22(28)25-10-12-26(13-11-25)32(2,29)30/h3-9,14-15H,10-13H2,1-2H3. The van der Waals surface area contributed by atoms with E-state index >= 15 is 0 Å². The van der Waals surface area contributed by atoms with Gasteiger partial charge in [0.2, 0.25) is 10.0 Å². The molecule has 0 saturated carbocycles. The van der Waals surface area contributed by atoms with E-state index in [0.29, 0.717) is 28.3 Å². The molecule has 168 valence electrons. The summed E-state index contributed by atoms with van der Waals surface area (Å²) in [6.07, 6.45) is 2.78. The Morgan fingerprint density at radius 2 is 1.75 bits per heavy atom. The van der Waals surface area contributed by atoms with Crippen LogP contribution in [0.2, 0.25) is 0 Å². The molecule has 1 saturated heterocycles. The Bertz CT molecular complexity index is 1230. The zero-order valence-electron chi connectivity index (χ0n) is 17.7. The molecule has 32 heavy (non-hydrogen) atoms. The van der Waals surface area contributed by atoms with Gasteiger partial charge in [-0.25, -0.2) is 17.5 Å². The number of hydrogen-bond donors (Lipinski definition) is 0. The molecule has 0 unspecified atom stereocenters. The monoisotopic (exact) mass is 458 g/mol. The van der Waals surface area contributed by atoms with Crippen molar-refractivity contribution in [2.24, 2.45) is 0 Å². The van der Waals surface area contributed by atoms with Crippen molar-refractivity contribution in [1.29, 1.82) is 0 Å². The molecule has 0 spiro atoms. The van der Waals surface area contributed by atoms with E-state index in [4.69, 9.17) is 4.74 Å². The molecule has 4 rings (SSSR count). The van der Waals surface area contributed by atoms with E-state index in [1.807, 2.05) is 12.1 Å². The number of aromatic nitrogens is 2. The number of amides is 1. The highest BCUT2D eigenvalue weighted by molar-refractivity contribution is 7.88. The molecule has 1 amide bonds. The molecule has 0 aliphatic carbocycles. The van der Waals surface area contributed by atoms with Crippen molar-refractivity contribution >= 4 is 15.9 Å². The van der Waals surface area contributed by atoms with Gasteiger partial charge in [0.05, 0.1) is 24.6 Å². The average Bonchev–Trinajstić information content (AvgIpc) is 3.24. The molecule has 1 aromatic heterocycles. The number of rotatable bonds is 5. The molecular weight excluding hydrogens is 435 g/mol. The van der Waals surface area contributed by atoms with Crippen LogP contribution in [-0.4, -0.2) is 72.9 Å². The third kappa shape index (κ3) is 4.51. The Morgan fingerprint density at radius 3 is 2.38 bits per heavy atom. The number of benzene rings is 2. The quantitative estimate of drug-likeness (QED) is 0.586. The van der Waals surface area contributed by atoms with Crippen molar-refractivity contribution < 1.29 is 22.3 Å². The van der Waals surface area contributed by atoms with E-state index in [1.54, 1.807) is 42.5 Å². The van der Waals surface area contributed by atoms with Crippen LogP contribution >= 0.6 is 0 Å². The van der Waals surface area contributed by atoms with E-state index in [-0.39, 0.29) is 37.9 Å². The second-order valence-corrected chi connectivity index (χ2v) is 9.48. The Hall–Kier alpha value is -3.24. The maximum absolute atomic E-state index is 13.4. The van der Waals surface area contributed by atoms with Gasteiger partial charge in [-0.2, -0.15) is 9.40 Å². The average molecular weight is 459 g/mol. The second kappa shape index (κ2) is 8.71.